The van der Waals surface area contributed by atoms with Crippen molar-refractivity contribution in [2.75, 3.05) is 0 Å². The van der Waals surface area contributed by atoms with Crippen LogP contribution in [0.5, 0.6) is 0 Å². The van der Waals surface area contributed by atoms with Gasteiger partial charge in [-0.2, -0.15) is 0 Å². The van der Waals surface area contributed by atoms with Crippen molar-refractivity contribution in [3.8, 4) is 12.1 Å². The van der Waals surface area contributed by atoms with Crippen LogP contribution in [-0.2, 0) is 0 Å². The van der Waals surface area contributed by atoms with Gasteiger partial charge in [-0.1, -0.05) is 0 Å². The Balaban J connectivity index is 3.33. The van der Waals surface area contributed by atoms with Crippen molar-refractivity contribution in [3.05, 3.63) is 41.9 Å². The molecular weight excluding hydrogens is 239 g/mol. The summed E-state index contributed by atoms with van der Waals surface area (Å²) in [6.07, 6.45) is 0. The molecular formula is C11H8N2Se. The molecule has 1 rings (SSSR count). The van der Waals surface area contributed by atoms with Gasteiger partial charge in [0.2, 0.25) is 0 Å². The molecule has 2 nitrogen and oxygen atoms in total. The van der Waals surface area contributed by atoms with Crippen LogP contribution < -0.4 is 4.46 Å². The molecule has 0 heterocycles. The zero-order valence-electron chi connectivity index (χ0n) is 7.47. The normalized spacial score (nSPS) is 10.7. The molecule has 0 saturated carbocycles. The summed E-state index contributed by atoms with van der Waals surface area (Å²) in [6.45, 7) is 3.69. The topological polar surface area (TPSA) is 47.6 Å². The van der Waals surface area contributed by atoms with E-state index in [2.05, 4.69) is 6.58 Å². The van der Waals surface area contributed by atoms with Crippen LogP contribution >= 0.6 is 0 Å². The third-order valence-electron chi connectivity index (χ3n) is 1.59. The third kappa shape index (κ3) is 2.18. The molecule has 1 atom stereocenters. The standard InChI is InChI=1S/C11H8N2Se/c1-2-14(11(8-12)9-13)10-6-4-3-5-7-10/h2-7H,1H2. The number of nitriles is 2. The summed E-state index contributed by atoms with van der Waals surface area (Å²) in [6, 6.07) is 13.5. The Morgan fingerprint density at radius 1 is 1.21 bits per heavy atom. The van der Waals surface area contributed by atoms with Crippen LogP contribution in [0.15, 0.2) is 41.9 Å². The second-order valence-corrected chi connectivity index (χ2v) is 6.33. The quantitative estimate of drug-likeness (QED) is 0.729. The summed E-state index contributed by atoms with van der Waals surface area (Å²) in [5, 5.41) is 17.5. The molecule has 0 aliphatic rings. The second kappa shape index (κ2) is 5.14. The van der Waals surface area contributed by atoms with Gasteiger partial charge in [0.25, 0.3) is 0 Å². The molecule has 0 aliphatic carbocycles. The average molecular weight is 247 g/mol. The van der Waals surface area contributed by atoms with Crippen LogP contribution in [0.2, 0.25) is 0 Å². The van der Waals surface area contributed by atoms with Crippen LogP contribution in [0.1, 0.15) is 0 Å². The number of benzene rings is 1. The molecule has 68 valence electrons. The summed E-state index contributed by atoms with van der Waals surface area (Å²) >= 11 is -1.58. The minimum atomic E-state index is -1.58. The summed E-state index contributed by atoms with van der Waals surface area (Å²) in [7, 11) is 0. The zero-order valence-corrected chi connectivity index (χ0v) is 9.19. The molecule has 0 N–H and O–H groups in total. The van der Waals surface area contributed by atoms with E-state index in [0.29, 0.717) is 4.42 Å². The van der Waals surface area contributed by atoms with Gasteiger partial charge in [0.1, 0.15) is 0 Å². The fourth-order valence-electron chi connectivity index (χ4n) is 0.988. The SMILES string of the molecule is C=C[Se](=C(C#N)C#N)c1ccccc1. The zero-order chi connectivity index (χ0) is 10.4. The van der Waals surface area contributed by atoms with Crippen molar-refractivity contribution >= 4 is 22.3 Å². The van der Waals surface area contributed by atoms with E-state index in [4.69, 9.17) is 10.5 Å². The van der Waals surface area contributed by atoms with Crippen molar-refractivity contribution < 1.29 is 0 Å². The van der Waals surface area contributed by atoms with Crippen molar-refractivity contribution in [1.29, 1.82) is 10.5 Å². The molecule has 0 amide bonds. The van der Waals surface area contributed by atoms with Crippen LogP contribution in [0, 0.1) is 22.7 Å². The molecule has 14 heavy (non-hydrogen) atoms. The van der Waals surface area contributed by atoms with Gasteiger partial charge in [-0.15, -0.1) is 0 Å². The van der Waals surface area contributed by atoms with Crippen molar-refractivity contribution in [2.45, 2.75) is 0 Å². The molecule has 0 fully saturated rings. The Kier molecular flexibility index (Phi) is 3.83. The van der Waals surface area contributed by atoms with Crippen molar-refractivity contribution in [3.63, 3.8) is 0 Å². The predicted octanol–water partition coefficient (Wildman–Crippen LogP) is 0.915. The number of hydrogen-bond acceptors (Lipinski definition) is 2. The Bertz CT molecular complexity index is 430. The average Bonchev–Trinajstić information content (AvgIpc) is 2.27. The Morgan fingerprint density at radius 2 is 1.79 bits per heavy atom. The van der Waals surface area contributed by atoms with Crippen LogP contribution in [0.25, 0.3) is 0 Å². The molecule has 3 heteroatoms. The first-order valence-corrected chi connectivity index (χ1v) is 6.61. The van der Waals surface area contributed by atoms with Gasteiger partial charge in [-0.05, 0) is 0 Å². The van der Waals surface area contributed by atoms with E-state index < -0.39 is 13.5 Å². The maximum absolute atomic E-state index is 8.76. The summed E-state index contributed by atoms with van der Waals surface area (Å²) in [5.74, 6) is 0. The van der Waals surface area contributed by atoms with Gasteiger partial charge in [-0.25, -0.2) is 0 Å². The van der Waals surface area contributed by atoms with Gasteiger partial charge < -0.3 is 0 Å². The Labute approximate surface area is 87.1 Å². The number of hydrogen-bond donors (Lipinski definition) is 0. The third-order valence-corrected chi connectivity index (χ3v) is 5.23. The molecule has 0 spiro atoms. The van der Waals surface area contributed by atoms with Crippen molar-refractivity contribution in [2.24, 2.45) is 0 Å². The Hall–Kier alpha value is -1.67. The van der Waals surface area contributed by atoms with Crippen LogP contribution in [0.3, 0.4) is 0 Å². The summed E-state index contributed by atoms with van der Waals surface area (Å²) < 4.78 is 1.34. The molecule has 1 aromatic carbocycles. The Morgan fingerprint density at radius 3 is 2.21 bits per heavy atom. The predicted molar refractivity (Wildman–Crippen MR) is 58.3 cm³/mol. The fraction of sp³-hybridized carbons (Fsp3) is 0. The molecule has 0 saturated heterocycles. The van der Waals surface area contributed by atoms with Gasteiger partial charge in [0.15, 0.2) is 0 Å². The second-order valence-electron chi connectivity index (χ2n) is 2.37. The first kappa shape index (κ1) is 10.4. The van der Waals surface area contributed by atoms with Crippen LogP contribution in [0.4, 0.5) is 0 Å². The van der Waals surface area contributed by atoms with E-state index in [1.807, 2.05) is 42.5 Å². The van der Waals surface area contributed by atoms with Gasteiger partial charge in [0, 0.05) is 0 Å². The first-order valence-electron chi connectivity index (χ1n) is 3.91. The van der Waals surface area contributed by atoms with E-state index in [1.54, 1.807) is 4.97 Å². The van der Waals surface area contributed by atoms with Crippen molar-refractivity contribution in [1.82, 2.24) is 0 Å². The molecule has 0 aromatic heterocycles. The molecule has 0 aliphatic heterocycles. The summed E-state index contributed by atoms with van der Waals surface area (Å²) in [5.41, 5.74) is 0. The molecule has 0 bridgehead atoms. The molecule has 1 aromatic rings. The molecule has 0 radical (unpaired) electrons. The van der Waals surface area contributed by atoms with Gasteiger partial charge in [-0.3, -0.25) is 0 Å². The van der Waals surface area contributed by atoms with Gasteiger partial charge in [0.05, 0.1) is 0 Å². The van der Waals surface area contributed by atoms with E-state index in [0.717, 1.165) is 4.46 Å². The van der Waals surface area contributed by atoms with Crippen LogP contribution in [-0.4, -0.2) is 17.9 Å². The fourth-order valence-corrected chi connectivity index (χ4v) is 3.59. The van der Waals surface area contributed by atoms with E-state index in [9.17, 15) is 0 Å². The molecule has 1 unspecified atom stereocenters. The van der Waals surface area contributed by atoms with E-state index >= 15 is 0 Å². The summed E-state index contributed by atoms with van der Waals surface area (Å²) in [4.78, 5) is 1.73. The maximum atomic E-state index is 8.76. The first-order chi connectivity index (χ1) is 6.83. The minimum absolute atomic E-state index is 0.297. The van der Waals surface area contributed by atoms with E-state index in [1.165, 1.54) is 0 Å². The van der Waals surface area contributed by atoms with Gasteiger partial charge >= 0.3 is 86.9 Å². The monoisotopic (exact) mass is 248 g/mol. The number of nitrogens with zero attached hydrogens (tertiary/aromatic N) is 2. The van der Waals surface area contributed by atoms with E-state index in [-0.39, 0.29) is 0 Å². The number of rotatable bonds is 2.